The number of aliphatic carboxylic acids is 1. The van der Waals surface area contributed by atoms with E-state index in [1.165, 1.54) is 16.8 Å². The maximum Gasteiger partial charge on any atom is 0.306 e. The first-order valence-electron chi connectivity index (χ1n) is 8.96. The van der Waals surface area contributed by atoms with Crippen LogP contribution in [-0.2, 0) is 16.0 Å². The predicted molar refractivity (Wildman–Crippen MR) is 93.2 cm³/mol. The second-order valence-electron chi connectivity index (χ2n) is 6.92. The van der Waals surface area contributed by atoms with Gasteiger partial charge in [-0.15, -0.1) is 5.10 Å². The average molecular weight is 375 g/mol. The molecule has 1 aliphatic rings. The summed E-state index contributed by atoms with van der Waals surface area (Å²) in [5, 5.41) is 23.4. The van der Waals surface area contributed by atoms with Crippen LogP contribution in [0.2, 0.25) is 0 Å². The number of benzene rings is 1. The summed E-state index contributed by atoms with van der Waals surface area (Å²) >= 11 is 0. The highest BCUT2D eigenvalue weighted by molar-refractivity contribution is 5.81. The van der Waals surface area contributed by atoms with Crippen LogP contribution >= 0.6 is 0 Å². The van der Waals surface area contributed by atoms with Crippen molar-refractivity contribution >= 4 is 11.9 Å². The third-order valence-electron chi connectivity index (χ3n) is 5.00. The van der Waals surface area contributed by atoms with Gasteiger partial charge in [0, 0.05) is 12.5 Å². The molecule has 0 aliphatic heterocycles. The second-order valence-corrected chi connectivity index (χ2v) is 6.92. The number of aryl methyl sites for hydroxylation is 1. The molecule has 1 aromatic carbocycles. The fraction of sp³-hybridized carbons (Fsp3) is 0.500. The van der Waals surface area contributed by atoms with Gasteiger partial charge in [0.1, 0.15) is 17.7 Å². The lowest BCUT2D eigenvalue weighted by atomic mass is 9.86. The van der Waals surface area contributed by atoms with Gasteiger partial charge in [-0.05, 0) is 60.7 Å². The SMILES string of the molecule is Cc1nnnn1C(Cc1cccc(F)c1)C(=O)NC1CCC(C(=O)O)CC1. The molecule has 1 unspecified atom stereocenters. The Balaban J connectivity index is 1.72. The minimum atomic E-state index is -0.784. The average Bonchev–Trinajstić information content (AvgIpc) is 3.06. The summed E-state index contributed by atoms with van der Waals surface area (Å²) in [6.45, 7) is 1.70. The Morgan fingerprint density at radius 3 is 2.67 bits per heavy atom. The number of amides is 1. The number of nitrogens with one attached hydrogen (secondary N) is 1. The fourth-order valence-corrected chi connectivity index (χ4v) is 3.49. The summed E-state index contributed by atoms with van der Waals surface area (Å²) in [5.74, 6) is -1.27. The van der Waals surface area contributed by atoms with E-state index in [2.05, 4.69) is 20.8 Å². The molecule has 0 saturated heterocycles. The highest BCUT2D eigenvalue weighted by Gasteiger charge is 2.30. The molecule has 1 atom stereocenters. The smallest absolute Gasteiger partial charge is 0.306 e. The molecule has 3 rings (SSSR count). The highest BCUT2D eigenvalue weighted by atomic mass is 19.1. The summed E-state index contributed by atoms with van der Waals surface area (Å²) < 4.78 is 15.0. The minimum absolute atomic E-state index is 0.0834. The number of hydrogen-bond donors (Lipinski definition) is 2. The predicted octanol–water partition coefficient (Wildman–Crippen LogP) is 1.66. The van der Waals surface area contributed by atoms with Crippen molar-refractivity contribution in [2.24, 2.45) is 5.92 Å². The van der Waals surface area contributed by atoms with Crippen LogP contribution in [0.25, 0.3) is 0 Å². The summed E-state index contributed by atoms with van der Waals surface area (Å²) in [7, 11) is 0. The molecule has 1 amide bonds. The molecule has 1 heterocycles. The molecular weight excluding hydrogens is 353 g/mol. The van der Waals surface area contributed by atoms with Crippen LogP contribution in [0.4, 0.5) is 4.39 Å². The second kappa shape index (κ2) is 8.24. The van der Waals surface area contributed by atoms with E-state index in [0.717, 1.165) is 0 Å². The van der Waals surface area contributed by atoms with E-state index in [0.29, 0.717) is 37.1 Å². The lowest BCUT2D eigenvalue weighted by molar-refractivity contribution is -0.142. The van der Waals surface area contributed by atoms with Crippen LogP contribution in [0.3, 0.4) is 0 Å². The van der Waals surface area contributed by atoms with Crippen molar-refractivity contribution in [3.8, 4) is 0 Å². The molecule has 0 bridgehead atoms. The number of nitrogens with zero attached hydrogens (tertiary/aromatic N) is 4. The molecule has 27 heavy (non-hydrogen) atoms. The zero-order chi connectivity index (χ0) is 19.4. The lowest BCUT2D eigenvalue weighted by Crippen LogP contribution is -2.43. The normalized spacial score (nSPS) is 20.8. The summed E-state index contributed by atoms with van der Waals surface area (Å²) in [5.41, 5.74) is 0.666. The largest absolute Gasteiger partial charge is 0.481 e. The Labute approximate surface area is 155 Å². The number of tetrazole rings is 1. The molecule has 1 saturated carbocycles. The van der Waals surface area contributed by atoms with Gasteiger partial charge in [0.2, 0.25) is 5.91 Å². The van der Waals surface area contributed by atoms with Gasteiger partial charge in [0.25, 0.3) is 0 Å². The van der Waals surface area contributed by atoms with E-state index in [-0.39, 0.29) is 30.1 Å². The number of carbonyl (C=O) groups is 2. The first kappa shape index (κ1) is 18.9. The molecule has 144 valence electrons. The van der Waals surface area contributed by atoms with Gasteiger partial charge in [-0.2, -0.15) is 0 Å². The Morgan fingerprint density at radius 1 is 1.33 bits per heavy atom. The van der Waals surface area contributed by atoms with E-state index >= 15 is 0 Å². The van der Waals surface area contributed by atoms with Crippen LogP contribution in [0.15, 0.2) is 24.3 Å². The molecule has 1 aromatic heterocycles. The molecule has 9 heteroatoms. The zero-order valence-corrected chi connectivity index (χ0v) is 15.0. The quantitative estimate of drug-likeness (QED) is 0.795. The Kier molecular flexibility index (Phi) is 5.78. The number of carboxylic acids is 1. The Bertz CT molecular complexity index is 817. The van der Waals surface area contributed by atoms with Crippen molar-refractivity contribution < 1.29 is 19.1 Å². The fourth-order valence-electron chi connectivity index (χ4n) is 3.49. The van der Waals surface area contributed by atoms with Gasteiger partial charge >= 0.3 is 5.97 Å². The van der Waals surface area contributed by atoms with Crippen molar-refractivity contribution in [1.82, 2.24) is 25.5 Å². The van der Waals surface area contributed by atoms with Crippen molar-refractivity contribution in [3.63, 3.8) is 0 Å². The number of carbonyl (C=O) groups excluding carboxylic acids is 1. The summed E-state index contributed by atoms with van der Waals surface area (Å²) in [6, 6.07) is 5.29. The Hall–Kier alpha value is -2.84. The molecule has 1 fully saturated rings. The minimum Gasteiger partial charge on any atom is -0.481 e. The van der Waals surface area contributed by atoms with Crippen molar-refractivity contribution in [3.05, 3.63) is 41.5 Å². The van der Waals surface area contributed by atoms with Crippen LogP contribution in [0.5, 0.6) is 0 Å². The summed E-state index contributed by atoms with van der Waals surface area (Å²) in [4.78, 5) is 24.0. The number of halogens is 1. The number of carboxylic acid groups (broad SMARTS) is 1. The van der Waals surface area contributed by atoms with Gasteiger partial charge < -0.3 is 10.4 Å². The van der Waals surface area contributed by atoms with Crippen molar-refractivity contribution in [1.29, 1.82) is 0 Å². The van der Waals surface area contributed by atoms with E-state index in [1.54, 1.807) is 19.1 Å². The number of hydrogen-bond acceptors (Lipinski definition) is 5. The van der Waals surface area contributed by atoms with E-state index in [9.17, 15) is 14.0 Å². The van der Waals surface area contributed by atoms with Gasteiger partial charge in [-0.1, -0.05) is 12.1 Å². The maximum atomic E-state index is 13.5. The van der Waals surface area contributed by atoms with E-state index in [4.69, 9.17) is 5.11 Å². The summed E-state index contributed by atoms with van der Waals surface area (Å²) in [6.07, 6.45) is 2.56. The third kappa shape index (κ3) is 4.66. The van der Waals surface area contributed by atoms with Crippen LogP contribution in [-0.4, -0.2) is 43.2 Å². The number of aromatic nitrogens is 4. The van der Waals surface area contributed by atoms with Crippen molar-refractivity contribution in [2.45, 2.75) is 51.1 Å². The van der Waals surface area contributed by atoms with Crippen molar-refractivity contribution in [2.75, 3.05) is 0 Å². The van der Waals surface area contributed by atoms with Crippen LogP contribution < -0.4 is 5.32 Å². The van der Waals surface area contributed by atoms with Crippen LogP contribution in [0, 0.1) is 18.7 Å². The molecule has 0 spiro atoms. The monoisotopic (exact) mass is 375 g/mol. The zero-order valence-electron chi connectivity index (χ0n) is 15.0. The van der Waals surface area contributed by atoms with Crippen LogP contribution in [0.1, 0.15) is 43.1 Å². The standard InChI is InChI=1S/C18H22FN5O3/c1-11-21-22-23-24(11)16(10-12-3-2-4-14(19)9-12)17(25)20-15-7-5-13(6-8-15)18(26)27/h2-4,9,13,15-16H,5-8,10H2,1H3,(H,20,25)(H,26,27). The number of rotatable bonds is 6. The topological polar surface area (TPSA) is 110 Å². The third-order valence-corrected chi connectivity index (χ3v) is 5.00. The van der Waals surface area contributed by atoms with E-state index in [1.807, 2.05) is 0 Å². The maximum absolute atomic E-state index is 13.5. The highest BCUT2D eigenvalue weighted by Crippen LogP contribution is 2.25. The first-order valence-corrected chi connectivity index (χ1v) is 8.96. The molecule has 2 N–H and O–H groups in total. The van der Waals surface area contributed by atoms with E-state index < -0.39 is 12.0 Å². The molecule has 2 aromatic rings. The lowest BCUT2D eigenvalue weighted by Gasteiger charge is -2.28. The molecule has 0 radical (unpaired) electrons. The van der Waals surface area contributed by atoms with Gasteiger partial charge in [0.15, 0.2) is 0 Å². The van der Waals surface area contributed by atoms with Gasteiger partial charge in [-0.3, -0.25) is 9.59 Å². The first-order chi connectivity index (χ1) is 12.9. The molecular formula is C18H22FN5O3. The van der Waals surface area contributed by atoms with Gasteiger partial charge in [0.05, 0.1) is 5.92 Å². The molecule has 1 aliphatic carbocycles. The Morgan fingerprint density at radius 2 is 2.07 bits per heavy atom. The molecule has 8 nitrogen and oxygen atoms in total. The van der Waals surface area contributed by atoms with Gasteiger partial charge in [-0.25, -0.2) is 9.07 Å².